The summed E-state index contributed by atoms with van der Waals surface area (Å²) in [4.78, 5) is 0. The number of benzene rings is 2. The maximum atomic E-state index is 13.9. The van der Waals surface area contributed by atoms with E-state index in [9.17, 15) is 27.2 Å². The second-order valence-electron chi connectivity index (χ2n) is 5.05. The molecule has 2 aromatic carbocycles. The van der Waals surface area contributed by atoms with Gasteiger partial charge >= 0.3 is 0 Å². The zero-order chi connectivity index (χ0) is 16.5. The molecule has 0 heterocycles. The van der Waals surface area contributed by atoms with Gasteiger partial charge in [0.1, 0.15) is 0 Å². The highest BCUT2D eigenvalue weighted by molar-refractivity contribution is 5.38. The lowest BCUT2D eigenvalue weighted by Gasteiger charge is -2.24. The average molecular weight is 311 g/mol. The van der Waals surface area contributed by atoms with Crippen LogP contribution in [0.3, 0.4) is 0 Å². The van der Waals surface area contributed by atoms with Crippen molar-refractivity contribution in [2.24, 2.45) is 0 Å². The van der Waals surface area contributed by atoms with Crippen LogP contribution >= 0.6 is 0 Å². The fourth-order valence-electron chi connectivity index (χ4n) is 2.28. The quantitative estimate of drug-likeness (QED) is 0.468. The van der Waals surface area contributed by atoms with Crippen LogP contribution in [-0.4, -0.2) is 0 Å². The fourth-order valence-corrected chi connectivity index (χ4v) is 2.28. The third-order valence-electron chi connectivity index (χ3n) is 3.41. The van der Waals surface area contributed by atoms with Crippen LogP contribution in [0, 0.1) is 40.4 Å². The molecule has 0 saturated carbocycles. The van der Waals surface area contributed by atoms with Crippen LogP contribution in [0.4, 0.5) is 22.0 Å². The number of rotatable bonds is 3. The smallest absolute Gasteiger partial charge is 0.200 e. The monoisotopic (exact) mass is 311 g/mol. The highest BCUT2D eigenvalue weighted by Crippen LogP contribution is 2.35. The highest BCUT2D eigenvalue weighted by Gasteiger charge is 2.38. The summed E-state index contributed by atoms with van der Waals surface area (Å²) in [7, 11) is 0. The molecule has 0 bridgehead atoms. The molecule has 22 heavy (non-hydrogen) atoms. The van der Waals surface area contributed by atoms with Gasteiger partial charge < -0.3 is 0 Å². The van der Waals surface area contributed by atoms with E-state index < -0.39 is 40.1 Å². The van der Waals surface area contributed by atoms with Crippen molar-refractivity contribution >= 4 is 0 Å². The summed E-state index contributed by atoms with van der Waals surface area (Å²) in [6.45, 7) is 1.14. The summed E-state index contributed by atoms with van der Waals surface area (Å²) in [5.74, 6) is -10.3. The lowest BCUT2D eigenvalue weighted by atomic mass is 9.78. The van der Waals surface area contributed by atoms with E-state index >= 15 is 0 Å². The van der Waals surface area contributed by atoms with E-state index in [2.05, 4.69) is 0 Å². The van der Waals surface area contributed by atoms with Gasteiger partial charge in [0.15, 0.2) is 23.3 Å². The molecule has 6 heteroatoms. The normalized spacial score (nSPS) is 13.5. The molecule has 0 saturated heterocycles. The second-order valence-corrected chi connectivity index (χ2v) is 5.05. The van der Waals surface area contributed by atoms with Gasteiger partial charge in [-0.1, -0.05) is 30.3 Å². The molecule has 1 atom stereocenters. The van der Waals surface area contributed by atoms with Gasteiger partial charge in [-0.25, -0.2) is 22.0 Å². The maximum Gasteiger partial charge on any atom is 0.200 e. The topological polar surface area (TPSA) is 23.8 Å². The van der Waals surface area contributed by atoms with E-state index in [0.717, 1.165) is 6.92 Å². The molecule has 0 aromatic heterocycles. The van der Waals surface area contributed by atoms with Gasteiger partial charge in [-0.2, -0.15) is 5.26 Å². The molecule has 0 fully saturated rings. The summed E-state index contributed by atoms with van der Waals surface area (Å²) in [6.07, 6.45) is -0.192. The molecule has 1 unspecified atom stereocenters. The Labute approximate surface area is 123 Å². The van der Waals surface area contributed by atoms with Crippen molar-refractivity contribution < 1.29 is 22.0 Å². The summed E-state index contributed by atoms with van der Waals surface area (Å²) in [6, 6.07) is 9.85. The third kappa shape index (κ3) is 2.54. The first-order chi connectivity index (χ1) is 10.3. The highest BCUT2D eigenvalue weighted by atomic mass is 19.2. The van der Waals surface area contributed by atoms with Gasteiger partial charge in [0.25, 0.3) is 0 Å². The van der Waals surface area contributed by atoms with Crippen molar-refractivity contribution in [3.8, 4) is 6.07 Å². The lowest BCUT2D eigenvalue weighted by molar-refractivity contribution is 0.356. The van der Waals surface area contributed by atoms with Gasteiger partial charge in [0.05, 0.1) is 17.0 Å². The van der Waals surface area contributed by atoms with Gasteiger partial charge in [0.2, 0.25) is 5.82 Å². The van der Waals surface area contributed by atoms with Crippen LogP contribution in [0.2, 0.25) is 0 Å². The predicted molar refractivity (Wildman–Crippen MR) is 69.3 cm³/mol. The van der Waals surface area contributed by atoms with Crippen molar-refractivity contribution in [2.75, 3.05) is 0 Å². The van der Waals surface area contributed by atoms with E-state index in [4.69, 9.17) is 0 Å². The standard InChI is InChI=1S/C16H10F5N/c1-16(8-22,7-9-5-3-2-4-6-9)10-11(17)13(19)15(21)14(20)12(10)18/h2-6H,7H2,1H3. The molecule has 0 aliphatic rings. The first-order valence-corrected chi connectivity index (χ1v) is 6.29. The van der Waals surface area contributed by atoms with E-state index in [0.29, 0.717) is 5.56 Å². The molecule has 0 amide bonds. The molecule has 1 nitrogen and oxygen atoms in total. The molecule has 0 aliphatic carbocycles. The Morgan fingerprint density at radius 1 is 0.864 bits per heavy atom. The van der Waals surface area contributed by atoms with Gasteiger partial charge in [-0.05, 0) is 18.9 Å². The maximum absolute atomic E-state index is 13.9. The van der Waals surface area contributed by atoms with Crippen molar-refractivity contribution in [3.63, 3.8) is 0 Å². The van der Waals surface area contributed by atoms with Gasteiger partial charge in [-0.3, -0.25) is 0 Å². The van der Waals surface area contributed by atoms with Crippen LogP contribution in [0.5, 0.6) is 0 Å². The predicted octanol–water partition coefficient (Wildman–Crippen LogP) is 4.41. The van der Waals surface area contributed by atoms with Crippen molar-refractivity contribution in [1.29, 1.82) is 5.26 Å². The zero-order valence-corrected chi connectivity index (χ0v) is 11.4. The number of hydrogen-bond acceptors (Lipinski definition) is 1. The van der Waals surface area contributed by atoms with Gasteiger partial charge in [0, 0.05) is 0 Å². The number of halogens is 5. The minimum Gasteiger partial charge on any atom is -0.203 e. The first kappa shape index (κ1) is 16.0. The summed E-state index contributed by atoms with van der Waals surface area (Å²) in [5, 5.41) is 9.28. The van der Waals surface area contributed by atoms with E-state index in [-0.39, 0.29) is 6.42 Å². The Morgan fingerprint density at radius 2 is 1.32 bits per heavy atom. The summed E-state index contributed by atoms with van der Waals surface area (Å²) >= 11 is 0. The third-order valence-corrected chi connectivity index (χ3v) is 3.41. The molecule has 0 radical (unpaired) electrons. The minimum atomic E-state index is -2.24. The van der Waals surface area contributed by atoms with Crippen molar-refractivity contribution in [3.05, 3.63) is 70.5 Å². The van der Waals surface area contributed by atoms with E-state index in [1.54, 1.807) is 36.4 Å². The Hall–Kier alpha value is -2.42. The Morgan fingerprint density at radius 3 is 1.77 bits per heavy atom. The minimum absolute atomic E-state index is 0.192. The largest absolute Gasteiger partial charge is 0.203 e. The SMILES string of the molecule is CC(C#N)(Cc1ccccc1)c1c(F)c(F)c(F)c(F)c1F. The Balaban J connectivity index is 2.64. The Bertz CT molecular complexity index is 722. The molecule has 2 aromatic rings. The first-order valence-electron chi connectivity index (χ1n) is 6.29. The van der Waals surface area contributed by atoms with Crippen LogP contribution in [0.25, 0.3) is 0 Å². The molecule has 0 N–H and O–H groups in total. The van der Waals surface area contributed by atoms with Gasteiger partial charge in [-0.15, -0.1) is 0 Å². The van der Waals surface area contributed by atoms with E-state index in [1.165, 1.54) is 0 Å². The zero-order valence-electron chi connectivity index (χ0n) is 11.4. The summed E-state index contributed by atoms with van der Waals surface area (Å²) in [5.41, 5.74) is -2.48. The molecule has 2 rings (SSSR count). The number of hydrogen-bond donors (Lipinski definition) is 0. The van der Waals surface area contributed by atoms with Crippen LogP contribution in [0.1, 0.15) is 18.1 Å². The van der Waals surface area contributed by atoms with E-state index in [1.807, 2.05) is 0 Å². The van der Waals surface area contributed by atoms with Crippen LogP contribution in [0.15, 0.2) is 30.3 Å². The van der Waals surface area contributed by atoms with Crippen LogP contribution < -0.4 is 0 Å². The lowest BCUT2D eigenvalue weighted by Crippen LogP contribution is -2.28. The Kier molecular flexibility index (Phi) is 4.18. The molecule has 0 spiro atoms. The second kappa shape index (κ2) is 5.76. The number of nitriles is 1. The average Bonchev–Trinajstić information content (AvgIpc) is 2.52. The molecule has 0 aliphatic heterocycles. The van der Waals surface area contributed by atoms with Crippen LogP contribution in [-0.2, 0) is 11.8 Å². The molecule has 114 valence electrons. The summed E-state index contributed by atoms with van der Waals surface area (Å²) < 4.78 is 67.6. The fraction of sp³-hybridized carbons (Fsp3) is 0.188. The van der Waals surface area contributed by atoms with Crippen molar-refractivity contribution in [2.45, 2.75) is 18.8 Å². The van der Waals surface area contributed by atoms with Crippen molar-refractivity contribution in [1.82, 2.24) is 0 Å². The molecular weight excluding hydrogens is 301 g/mol. The molecular formula is C16H10F5N. The number of nitrogens with zero attached hydrogens (tertiary/aromatic N) is 1.